The van der Waals surface area contributed by atoms with Crippen LogP contribution in [0.25, 0.3) is 11.0 Å². The highest BCUT2D eigenvalue weighted by Crippen LogP contribution is 2.32. The first kappa shape index (κ1) is 12.4. The van der Waals surface area contributed by atoms with E-state index in [0.717, 1.165) is 5.39 Å². The molecule has 5 nitrogen and oxygen atoms in total. The van der Waals surface area contributed by atoms with E-state index < -0.39 is 0 Å². The fourth-order valence-corrected chi connectivity index (χ4v) is 1.67. The first-order valence-electron chi connectivity index (χ1n) is 5.28. The molecule has 0 aliphatic carbocycles. The Morgan fingerprint density at radius 3 is 2.89 bits per heavy atom. The van der Waals surface area contributed by atoms with Gasteiger partial charge in [0.25, 0.3) is 5.91 Å². The Morgan fingerprint density at radius 1 is 1.50 bits per heavy atom. The van der Waals surface area contributed by atoms with Crippen molar-refractivity contribution in [2.75, 3.05) is 13.7 Å². The highest BCUT2D eigenvalue weighted by molar-refractivity contribution is 7.80. The maximum atomic E-state index is 11.2. The van der Waals surface area contributed by atoms with Crippen LogP contribution in [0.4, 0.5) is 0 Å². The van der Waals surface area contributed by atoms with E-state index in [1.165, 1.54) is 7.05 Å². The Kier molecular flexibility index (Phi) is 3.47. The monoisotopic (exact) mass is 264 g/mol. The first-order chi connectivity index (χ1) is 8.63. The molecule has 0 spiro atoms. The van der Waals surface area contributed by atoms with Gasteiger partial charge in [-0.3, -0.25) is 4.79 Å². The number of carbonyl (C=O) groups excluding carboxylic acids is 1. The maximum Gasteiger partial charge on any atom is 0.257 e. The Hall–Kier alpha value is -2.08. The van der Waals surface area contributed by atoms with Crippen LogP contribution in [0.2, 0.25) is 0 Å². The van der Waals surface area contributed by atoms with Crippen LogP contribution in [0.3, 0.4) is 0 Å². The van der Waals surface area contributed by atoms with Gasteiger partial charge in [-0.25, -0.2) is 0 Å². The van der Waals surface area contributed by atoms with E-state index in [0.29, 0.717) is 11.3 Å². The van der Waals surface area contributed by atoms with E-state index in [4.69, 9.17) is 27.1 Å². The van der Waals surface area contributed by atoms with Gasteiger partial charge in [0.1, 0.15) is 10.6 Å². The second-order valence-electron chi connectivity index (χ2n) is 3.58. The largest absolute Gasteiger partial charge is 0.479 e. The molecular weight excluding hydrogens is 252 g/mol. The van der Waals surface area contributed by atoms with Crippen molar-refractivity contribution in [3.8, 4) is 5.75 Å². The second-order valence-corrected chi connectivity index (χ2v) is 4.02. The smallest absolute Gasteiger partial charge is 0.257 e. The topological polar surface area (TPSA) is 77.5 Å². The number of para-hydroxylation sites is 1. The van der Waals surface area contributed by atoms with Crippen molar-refractivity contribution in [2.24, 2.45) is 5.73 Å². The van der Waals surface area contributed by atoms with Crippen LogP contribution in [0.1, 0.15) is 5.76 Å². The maximum absolute atomic E-state index is 11.2. The van der Waals surface area contributed by atoms with Gasteiger partial charge in [-0.15, -0.1) is 0 Å². The Balaban J connectivity index is 2.42. The summed E-state index contributed by atoms with van der Waals surface area (Å²) in [6, 6.07) is 7.27. The molecule has 1 aromatic heterocycles. The van der Waals surface area contributed by atoms with E-state index >= 15 is 0 Å². The molecule has 0 atom stereocenters. The van der Waals surface area contributed by atoms with Crippen molar-refractivity contribution in [1.82, 2.24) is 5.32 Å². The minimum atomic E-state index is -0.242. The number of hydrogen-bond acceptors (Lipinski definition) is 4. The quantitative estimate of drug-likeness (QED) is 0.811. The molecule has 1 amide bonds. The number of carbonyl (C=O) groups is 1. The molecule has 2 aromatic rings. The lowest BCUT2D eigenvalue weighted by Gasteiger charge is -2.04. The molecule has 0 aliphatic heterocycles. The zero-order valence-electron chi connectivity index (χ0n) is 9.73. The van der Waals surface area contributed by atoms with Crippen molar-refractivity contribution in [3.63, 3.8) is 0 Å². The van der Waals surface area contributed by atoms with Crippen LogP contribution in [0, 0.1) is 0 Å². The van der Waals surface area contributed by atoms with Gasteiger partial charge in [-0.05, 0) is 12.1 Å². The summed E-state index contributed by atoms with van der Waals surface area (Å²) in [5, 5.41) is 3.21. The summed E-state index contributed by atoms with van der Waals surface area (Å²) in [5.41, 5.74) is 6.19. The minimum Gasteiger partial charge on any atom is -0.479 e. The Labute approximate surface area is 109 Å². The molecule has 18 heavy (non-hydrogen) atoms. The lowest BCUT2D eigenvalue weighted by Crippen LogP contribution is -2.25. The number of thiocarbonyl (C=S) groups is 1. The molecule has 6 heteroatoms. The summed E-state index contributed by atoms with van der Waals surface area (Å²) >= 11 is 4.90. The minimum absolute atomic E-state index is 0.0955. The summed E-state index contributed by atoms with van der Waals surface area (Å²) in [6.45, 7) is -0.115. The molecule has 0 unspecified atom stereocenters. The first-order valence-corrected chi connectivity index (χ1v) is 5.69. The molecule has 0 aliphatic rings. The molecule has 0 saturated carbocycles. The second kappa shape index (κ2) is 5.05. The normalized spacial score (nSPS) is 10.3. The van der Waals surface area contributed by atoms with Crippen LogP contribution in [-0.4, -0.2) is 24.6 Å². The third-order valence-electron chi connectivity index (χ3n) is 2.40. The summed E-state index contributed by atoms with van der Waals surface area (Å²) in [4.78, 5) is 11.3. The van der Waals surface area contributed by atoms with Crippen LogP contribution in [0.5, 0.6) is 5.75 Å². The third kappa shape index (κ3) is 2.28. The Bertz CT molecular complexity index is 606. The van der Waals surface area contributed by atoms with Crippen LogP contribution in [0.15, 0.2) is 28.7 Å². The predicted octanol–water partition coefficient (Wildman–Crippen LogP) is 1.19. The average Bonchev–Trinajstić information content (AvgIpc) is 2.75. The van der Waals surface area contributed by atoms with Gasteiger partial charge < -0.3 is 20.2 Å². The zero-order valence-corrected chi connectivity index (χ0v) is 10.5. The van der Waals surface area contributed by atoms with Crippen molar-refractivity contribution in [3.05, 3.63) is 30.0 Å². The fourth-order valence-electron chi connectivity index (χ4n) is 1.54. The van der Waals surface area contributed by atoms with Gasteiger partial charge >= 0.3 is 0 Å². The summed E-state index contributed by atoms with van der Waals surface area (Å²) in [7, 11) is 1.54. The molecule has 3 N–H and O–H groups in total. The van der Waals surface area contributed by atoms with Gasteiger partial charge in [0.05, 0.1) is 5.39 Å². The van der Waals surface area contributed by atoms with Crippen LogP contribution >= 0.6 is 12.2 Å². The van der Waals surface area contributed by atoms with E-state index in [1.807, 2.05) is 18.2 Å². The molecule has 2 rings (SSSR count). The summed E-state index contributed by atoms with van der Waals surface area (Å²) in [5.74, 6) is 0.450. The van der Waals surface area contributed by atoms with Crippen molar-refractivity contribution in [1.29, 1.82) is 0 Å². The number of amides is 1. The Morgan fingerprint density at radius 2 is 2.22 bits per heavy atom. The number of furan rings is 1. The van der Waals surface area contributed by atoms with Crippen LogP contribution < -0.4 is 15.8 Å². The van der Waals surface area contributed by atoms with E-state index in [-0.39, 0.29) is 23.3 Å². The third-order valence-corrected chi connectivity index (χ3v) is 2.59. The summed E-state index contributed by atoms with van der Waals surface area (Å²) < 4.78 is 10.9. The SMILES string of the molecule is CNC(=O)COc1c(C(N)=S)oc2ccccc12. The molecule has 1 aromatic carbocycles. The molecule has 1 heterocycles. The van der Waals surface area contributed by atoms with Crippen molar-refractivity contribution >= 4 is 34.1 Å². The number of rotatable bonds is 4. The van der Waals surface area contributed by atoms with Gasteiger partial charge in [-0.1, -0.05) is 24.4 Å². The van der Waals surface area contributed by atoms with E-state index in [9.17, 15) is 4.79 Å². The number of likely N-dealkylation sites (N-methyl/N-ethyl adjacent to an activating group) is 1. The number of nitrogens with one attached hydrogen (secondary N) is 1. The molecule has 0 saturated heterocycles. The van der Waals surface area contributed by atoms with E-state index in [2.05, 4.69) is 5.32 Å². The summed E-state index contributed by atoms with van der Waals surface area (Å²) in [6.07, 6.45) is 0. The highest BCUT2D eigenvalue weighted by Gasteiger charge is 2.18. The van der Waals surface area contributed by atoms with Crippen molar-refractivity contribution in [2.45, 2.75) is 0 Å². The van der Waals surface area contributed by atoms with Gasteiger partial charge in [0.2, 0.25) is 5.76 Å². The molecule has 94 valence electrons. The number of fused-ring (bicyclic) bond motifs is 1. The molecule has 0 radical (unpaired) electrons. The standard InChI is InChI=1S/C12H12N2O3S/c1-14-9(15)6-16-10-7-4-2-3-5-8(7)17-11(10)12(13)18/h2-5H,6H2,1H3,(H2,13,18)(H,14,15). The van der Waals surface area contributed by atoms with Gasteiger partial charge in [0, 0.05) is 7.05 Å². The molecule has 0 fully saturated rings. The predicted molar refractivity (Wildman–Crippen MR) is 71.7 cm³/mol. The van der Waals surface area contributed by atoms with Gasteiger partial charge in [0.15, 0.2) is 12.4 Å². The van der Waals surface area contributed by atoms with Crippen LogP contribution in [-0.2, 0) is 4.79 Å². The van der Waals surface area contributed by atoms with E-state index in [1.54, 1.807) is 6.07 Å². The average molecular weight is 264 g/mol. The number of nitrogens with two attached hydrogens (primary N) is 1. The lowest BCUT2D eigenvalue weighted by molar-refractivity contribution is -0.122. The lowest BCUT2D eigenvalue weighted by atomic mass is 10.2. The molecule has 0 bridgehead atoms. The molecular formula is C12H12N2O3S. The number of ether oxygens (including phenoxy) is 1. The number of hydrogen-bond donors (Lipinski definition) is 2. The fraction of sp³-hybridized carbons (Fsp3) is 0.167. The number of benzene rings is 1. The van der Waals surface area contributed by atoms with Gasteiger partial charge in [-0.2, -0.15) is 0 Å². The zero-order chi connectivity index (χ0) is 13.1. The highest BCUT2D eigenvalue weighted by atomic mass is 32.1. The van der Waals surface area contributed by atoms with Crippen molar-refractivity contribution < 1.29 is 13.9 Å².